The highest BCUT2D eigenvalue weighted by Crippen LogP contribution is 2.30. The third-order valence-corrected chi connectivity index (χ3v) is 5.86. The lowest BCUT2D eigenvalue weighted by Gasteiger charge is -2.07. The first-order chi connectivity index (χ1) is 13.6. The van der Waals surface area contributed by atoms with Gasteiger partial charge in [0.1, 0.15) is 11.3 Å². The molecule has 0 fully saturated rings. The first-order valence-corrected chi connectivity index (χ1v) is 10.0. The summed E-state index contributed by atoms with van der Waals surface area (Å²) in [4.78, 5) is 11.9. The van der Waals surface area contributed by atoms with Crippen molar-refractivity contribution in [1.82, 2.24) is 14.9 Å². The Kier molecular flexibility index (Phi) is 5.10. The molecule has 0 aliphatic rings. The third kappa shape index (κ3) is 3.50. The Balaban J connectivity index is 1.64. The van der Waals surface area contributed by atoms with Gasteiger partial charge in [0.15, 0.2) is 5.82 Å². The first-order valence-electron chi connectivity index (χ1n) is 8.26. The molecule has 2 N–H and O–H groups in total. The first kappa shape index (κ1) is 18.6. The smallest absolute Gasteiger partial charge is 0.336 e. The number of hydrogen-bond donors (Lipinski definition) is 1. The van der Waals surface area contributed by atoms with Crippen LogP contribution in [0.25, 0.3) is 22.4 Å². The number of nitrogen functional groups attached to an aromatic ring is 1. The molecule has 0 atom stereocenters. The van der Waals surface area contributed by atoms with E-state index in [1.165, 1.54) is 22.5 Å². The van der Waals surface area contributed by atoms with Crippen LogP contribution in [0.1, 0.15) is 5.56 Å². The van der Waals surface area contributed by atoms with E-state index in [-0.39, 0.29) is 0 Å². The van der Waals surface area contributed by atoms with Crippen molar-refractivity contribution < 1.29 is 9.15 Å². The Bertz CT molecular complexity index is 1220. The van der Waals surface area contributed by atoms with E-state index in [1.54, 1.807) is 13.2 Å². The molecule has 0 aliphatic heterocycles. The van der Waals surface area contributed by atoms with Crippen molar-refractivity contribution >= 4 is 38.7 Å². The van der Waals surface area contributed by atoms with Gasteiger partial charge in [-0.1, -0.05) is 39.8 Å². The van der Waals surface area contributed by atoms with E-state index in [0.29, 0.717) is 28.1 Å². The number of hydrogen-bond acceptors (Lipinski definition) is 7. The normalized spacial score (nSPS) is 11.1. The van der Waals surface area contributed by atoms with Crippen LogP contribution in [0, 0.1) is 0 Å². The van der Waals surface area contributed by atoms with Crippen LogP contribution in [0.4, 0.5) is 0 Å². The molecule has 0 saturated carbocycles. The lowest BCUT2D eigenvalue weighted by atomic mass is 10.1. The summed E-state index contributed by atoms with van der Waals surface area (Å²) < 4.78 is 12.8. The molecule has 4 aromatic rings. The number of benzene rings is 2. The minimum atomic E-state index is -0.417. The fraction of sp³-hybridized carbons (Fsp3) is 0.105. The van der Waals surface area contributed by atoms with Crippen molar-refractivity contribution in [2.24, 2.45) is 0 Å². The van der Waals surface area contributed by atoms with Gasteiger partial charge in [-0.15, -0.1) is 10.2 Å². The average molecular weight is 459 g/mol. The zero-order valence-corrected chi connectivity index (χ0v) is 17.2. The van der Waals surface area contributed by atoms with Crippen LogP contribution in [-0.4, -0.2) is 22.0 Å². The Morgan fingerprint density at radius 2 is 2.04 bits per heavy atom. The second-order valence-corrected chi connectivity index (χ2v) is 7.69. The summed E-state index contributed by atoms with van der Waals surface area (Å²) in [6.07, 6.45) is 0. The molecule has 0 bridgehead atoms. The molecule has 4 rings (SSSR count). The van der Waals surface area contributed by atoms with Crippen molar-refractivity contribution in [2.75, 3.05) is 13.0 Å². The summed E-state index contributed by atoms with van der Waals surface area (Å²) in [6.45, 7) is 0. The molecule has 0 unspecified atom stereocenters. The third-order valence-electron chi connectivity index (χ3n) is 4.17. The van der Waals surface area contributed by atoms with Gasteiger partial charge in [-0.05, 0) is 29.8 Å². The highest BCUT2D eigenvalue weighted by atomic mass is 79.9. The van der Waals surface area contributed by atoms with Crippen molar-refractivity contribution in [3.05, 3.63) is 69.0 Å². The van der Waals surface area contributed by atoms with E-state index in [0.717, 1.165) is 21.0 Å². The van der Waals surface area contributed by atoms with Gasteiger partial charge < -0.3 is 15.0 Å². The fourth-order valence-corrected chi connectivity index (χ4v) is 4.11. The molecular formula is C19H15BrN4O3S. The maximum atomic E-state index is 11.9. The zero-order chi connectivity index (χ0) is 19.7. The highest BCUT2D eigenvalue weighted by molar-refractivity contribution is 9.10. The molecule has 9 heteroatoms. The average Bonchev–Trinajstić information content (AvgIpc) is 3.06. The molecule has 0 amide bonds. The number of nitrogens with two attached hydrogens (primary N) is 1. The van der Waals surface area contributed by atoms with Gasteiger partial charge in [0.05, 0.1) is 7.11 Å². The minimum Gasteiger partial charge on any atom is -0.497 e. The van der Waals surface area contributed by atoms with Crippen LogP contribution in [0.2, 0.25) is 0 Å². The lowest BCUT2D eigenvalue weighted by molar-refractivity contribution is 0.414. The number of ether oxygens (including phenoxy) is 1. The molecule has 0 aliphatic carbocycles. The molecule has 2 aromatic heterocycles. The quantitative estimate of drug-likeness (QED) is 0.275. The van der Waals surface area contributed by atoms with Gasteiger partial charge >= 0.3 is 5.63 Å². The molecule has 0 saturated heterocycles. The fourth-order valence-electron chi connectivity index (χ4n) is 2.80. The summed E-state index contributed by atoms with van der Waals surface area (Å²) in [5.74, 6) is 7.87. The maximum Gasteiger partial charge on any atom is 0.336 e. The number of methoxy groups -OCH3 is 1. The largest absolute Gasteiger partial charge is 0.497 e. The van der Waals surface area contributed by atoms with Gasteiger partial charge in [0.25, 0.3) is 0 Å². The van der Waals surface area contributed by atoms with Gasteiger partial charge in [-0.2, -0.15) is 0 Å². The van der Waals surface area contributed by atoms with Crippen LogP contribution in [0.5, 0.6) is 5.75 Å². The predicted octanol–water partition coefficient (Wildman–Crippen LogP) is 3.83. The molecule has 0 radical (unpaired) electrons. The van der Waals surface area contributed by atoms with E-state index >= 15 is 0 Å². The van der Waals surface area contributed by atoms with Crippen molar-refractivity contribution in [1.29, 1.82) is 0 Å². The van der Waals surface area contributed by atoms with Crippen LogP contribution in [-0.2, 0) is 5.75 Å². The topological polar surface area (TPSA) is 96.2 Å². The second-order valence-electron chi connectivity index (χ2n) is 5.90. The number of fused-ring (bicyclic) bond motifs is 1. The van der Waals surface area contributed by atoms with Gasteiger partial charge in [-0.3, -0.25) is 0 Å². The Labute approximate surface area is 172 Å². The standard InChI is InChI=1S/C19H15BrN4O3S/c1-26-12-6-7-13-11(8-17(25)27-16(13)9-12)10-28-19-23-22-18(24(19)21)14-4-2-3-5-15(14)20/h2-9H,10,21H2,1H3. The van der Waals surface area contributed by atoms with Crippen molar-refractivity contribution in [3.63, 3.8) is 0 Å². The number of rotatable bonds is 5. The molecule has 7 nitrogen and oxygen atoms in total. The number of aromatic nitrogens is 3. The van der Waals surface area contributed by atoms with Gasteiger partial charge in [0, 0.05) is 33.3 Å². The Morgan fingerprint density at radius 1 is 1.21 bits per heavy atom. The van der Waals surface area contributed by atoms with Crippen molar-refractivity contribution in [2.45, 2.75) is 10.9 Å². The summed E-state index contributed by atoms with van der Waals surface area (Å²) in [5, 5.41) is 9.77. The Hall–Kier alpha value is -2.78. The molecule has 2 heterocycles. The number of nitrogens with zero attached hydrogens (tertiary/aromatic N) is 3. The molecular weight excluding hydrogens is 444 g/mol. The van der Waals surface area contributed by atoms with Crippen LogP contribution in [0.15, 0.2) is 67.4 Å². The Morgan fingerprint density at radius 3 is 2.82 bits per heavy atom. The summed E-state index contributed by atoms with van der Waals surface area (Å²) in [5.41, 5.74) is 1.73. The van der Waals surface area contributed by atoms with Crippen LogP contribution >= 0.6 is 27.7 Å². The van der Waals surface area contributed by atoms with E-state index in [2.05, 4.69) is 26.1 Å². The SMILES string of the molecule is COc1ccc2c(CSc3nnc(-c4ccccc4Br)n3N)cc(=O)oc2c1. The van der Waals surface area contributed by atoms with Gasteiger partial charge in [-0.25, -0.2) is 9.47 Å². The second kappa shape index (κ2) is 7.69. The summed E-state index contributed by atoms with van der Waals surface area (Å²) >= 11 is 4.89. The highest BCUT2D eigenvalue weighted by Gasteiger charge is 2.15. The predicted molar refractivity (Wildman–Crippen MR) is 112 cm³/mol. The number of thioether (sulfide) groups is 1. The number of halogens is 1. The minimum absolute atomic E-state index is 0.417. The maximum absolute atomic E-state index is 11.9. The lowest BCUT2D eigenvalue weighted by Crippen LogP contribution is -2.11. The molecule has 142 valence electrons. The van der Waals surface area contributed by atoms with E-state index < -0.39 is 5.63 Å². The van der Waals surface area contributed by atoms with E-state index in [9.17, 15) is 4.79 Å². The van der Waals surface area contributed by atoms with Gasteiger partial charge in [0.2, 0.25) is 5.16 Å². The van der Waals surface area contributed by atoms with Crippen LogP contribution in [0.3, 0.4) is 0 Å². The van der Waals surface area contributed by atoms with E-state index in [4.69, 9.17) is 15.0 Å². The van der Waals surface area contributed by atoms with Crippen molar-refractivity contribution in [3.8, 4) is 17.1 Å². The monoisotopic (exact) mass is 458 g/mol. The summed E-state index contributed by atoms with van der Waals surface area (Å²) in [6, 6.07) is 14.5. The molecule has 0 spiro atoms. The van der Waals surface area contributed by atoms with Crippen LogP contribution < -0.4 is 16.2 Å². The van der Waals surface area contributed by atoms with E-state index in [1.807, 2.05) is 36.4 Å². The summed E-state index contributed by atoms with van der Waals surface area (Å²) in [7, 11) is 1.57. The molecule has 28 heavy (non-hydrogen) atoms. The molecule has 2 aromatic carbocycles. The zero-order valence-electron chi connectivity index (χ0n) is 14.8.